The number of piperidine rings is 1. The van der Waals surface area contributed by atoms with Crippen molar-refractivity contribution in [1.82, 2.24) is 9.47 Å². The molecule has 4 nitrogen and oxygen atoms in total. The number of likely N-dealkylation sites (tertiary alicyclic amines) is 1. The van der Waals surface area contributed by atoms with Crippen molar-refractivity contribution in [1.29, 1.82) is 0 Å². The summed E-state index contributed by atoms with van der Waals surface area (Å²) in [6, 6.07) is 9.41. The van der Waals surface area contributed by atoms with E-state index in [2.05, 4.69) is 40.8 Å². The van der Waals surface area contributed by atoms with Gasteiger partial charge in [-0.2, -0.15) is 0 Å². The van der Waals surface area contributed by atoms with E-state index in [0.717, 1.165) is 25.9 Å². The maximum atomic E-state index is 13.7. The summed E-state index contributed by atoms with van der Waals surface area (Å²) in [5.41, 5.74) is 3.69. The van der Waals surface area contributed by atoms with Crippen LogP contribution < -0.4 is 5.32 Å². The van der Waals surface area contributed by atoms with Crippen LogP contribution in [0.3, 0.4) is 0 Å². The van der Waals surface area contributed by atoms with E-state index in [1.807, 2.05) is 6.92 Å². The van der Waals surface area contributed by atoms with E-state index in [1.165, 1.54) is 17.5 Å². The zero-order chi connectivity index (χ0) is 18.8. The molecule has 3 rings (SSSR count). The van der Waals surface area contributed by atoms with Crippen molar-refractivity contribution in [3.8, 4) is 0 Å². The molecule has 5 heteroatoms. The number of halogens is 1. The molecule has 1 aliphatic heterocycles. The molecule has 1 N–H and O–H groups in total. The highest BCUT2D eigenvalue weighted by atomic mass is 19.1. The number of nitrogens with one attached hydrogen (secondary N) is 1. The van der Waals surface area contributed by atoms with E-state index in [9.17, 15) is 9.18 Å². The Hall–Kier alpha value is -2.14. The normalized spacial score (nSPS) is 17.3. The minimum Gasteiger partial charge on any atom is -0.346 e. The summed E-state index contributed by atoms with van der Waals surface area (Å²) in [7, 11) is 0. The zero-order valence-electron chi connectivity index (χ0n) is 16.1. The van der Waals surface area contributed by atoms with E-state index in [-0.39, 0.29) is 17.8 Å². The Kier molecular flexibility index (Phi) is 5.47. The van der Waals surface area contributed by atoms with Crippen molar-refractivity contribution in [2.24, 2.45) is 0 Å². The Balaban J connectivity index is 1.58. The van der Waals surface area contributed by atoms with Crippen molar-refractivity contribution >= 4 is 11.6 Å². The number of aryl methyl sites for hydroxylation is 3. The smallest absolute Gasteiger partial charge is 0.241 e. The van der Waals surface area contributed by atoms with Crippen molar-refractivity contribution < 1.29 is 9.18 Å². The average molecular weight is 357 g/mol. The number of rotatable bonds is 4. The lowest BCUT2D eigenvalue weighted by Crippen LogP contribution is -2.46. The van der Waals surface area contributed by atoms with Crippen LogP contribution in [0, 0.1) is 26.6 Å². The standard InChI is InChI=1S/C21H28FN3O/c1-14-5-8-18(13-20(14)22)23-21(26)17(4)24-11-9-19(10-12-24)25-15(2)6-7-16(25)3/h5-8,13,17,19H,9-12H2,1-4H3,(H,23,26)/t17-/m0/s1. The Bertz CT molecular complexity index is 771. The SMILES string of the molecule is Cc1ccc(NC(=O)[C@H](C)N2CCC(n3c(C)ccc3C)CC2)cc1F. The fourth-order valence-corrected chi connectivity index (χ4v) is 3.87. The van der Waals surface area contributed by atoms with Crippen LogP contribution in [0.25, 0.3) is 0 Å². The third-order valence-electron chi connectivity index (χ3n) is 5.56. The topological polar surface area (TPSA) is 37.3 Å². The van der Waals surface area contributed by atoms with Gasteiger partial charge in [-0.15, -0.1) is 0 Å². The zero-order valence-corrected chi connectivity index (χ0v) is 16.1. The Morgan fingerprint density at radius 3 is 2.31 bits per heavy atom. The number of hydrogen-bond donors (Lipinski definition) is 1. The largest absolute Gasteiger partial charge is 0.346 e. The first-order valence-corrected chi connectivity index (χ1v) is 9.32. The number of nitrogens with zero attached hydrogens (tertiary/aromatic N) is 2. The Labute approximate surface area is 155 Å². The molecule has 0 aliphatic carbocycles. The molecule has 2 heterocycles. The molecule has 1 saturated heterocycles. The molecule has 1 aromatic carbocycles. The Morgan fingerprint density at radius 2 is 1.73 bits per heavy atom. The monoisotopic (exact) mass is 357 g/mol. The molecule has 1 atom stereocenters. The highest BCUT2D eigenvalue weighted by Gasteiger charge is 2.28. The number of amides is 1. The predicted molar refractivity (Wildman–Crippen MR) is 103 cm³/mol. The van der Waals surface area contributed by atoms with Gasteiger partial charge in [-0.1, -0.05) is 6.07 Å². The Morgan fingerprint density at radius 1 is 1.12 bits per heavy atom. The van der Waals surface area contributed by atoms with Gasteiger partial charge in [0.05, 0.1) is 6.04 Å². The van der Waals surface area contributed by atoms with Crippen molar-refractivity contribution in [2.75, 3.05) is 18.4 Å². The first-order chi connectivity index (χ1) is 12.4. The quantitative estimate of drug-likeness (QED) is 0.890. The van der Waals surface area contributed by atoms with Crippen LogP contribution in [-0.2, 0) is 4.79 Å². The van der Waals surface area contributed by atoms with Gasteiger partial charge in [0, 0.05) is 36.2 Å². The third-order valence-corrected chi connectivity index (χ3v) is 5.56. The summed E-state index contributed by atoms with van der Waals surface area (Å²) in [6.45, 7) is 9.71. The number of benzene rings is 1. The van der Waals surface area contributed by atoms with Gasteiger partial charge >= 0.3 is 0 Å². The molecule has 0 unspecified atom stereocenters. The second-order valence-electron chi connectivity index (χ2n) is 7.38. The number of carbonyl (C=O) groups excluding carboxylic acids is 1. The van der Waals surface area contributed by atoms with Gasteiger partial charge in [-0.3, -0.25) is 9.69 Å². The van der Waals surface area contributed by atoms with Crippen LogP contribution >= 0.6 is 0 Å². The maximum Gasteiger partial charge on any atom is 0.241 e. The lowest BCUT2D eigenvalue weighted by Gasteiger charge is -2.36. The predicted octanol–water partition coefficient (Wildman–Crippen LogP) is 4.22. The fourth-order valence-electron chi connectivity index (χ4n) is 3.87. The van der Waals surface area contributed by atoms with E-state index >= 15 is 0 Å². The van der Waals surface area contributed by atoms with Gasteiger partial charge in [-0.05, 0) is 70.4 Å². The molecule has 2 aromatic rings. The molecule has 26 heavy (non-hydrogen) atoms. The average Bonchev–Trinajstić information content (AvgIpc) is 2.96. The van der Waals surface area contributed by atoms with Crippen LogP contribution in [0.5, 0.6) is 0 Å². The van der Waals surface area contributed by atoms with Crippen molar-refractivity contribution in [2.45, 2.75) is 52.6 Å². The summed E-state index contributed by atoms with van der Waals surface area (Å²) >= 11 is 0. The van der Waals surface area contributed by atoms with Crippen LogP contribution in [0.4, 0.5) is 10.1 Å². The molecule has 140 valence electrons. The number of carbonyl (C=O) groups is 1. The number of hydrogen-bond acceptors (Lipinski definition) is 2. The van der Waals surface area contributed by atoms with Gasteiger partial charge in [0.2, 0.25) is 5.91 Å². The van der Waals surface area contributed by atoms with Gasteiger partial charge in [0.15, 0.2) is 0 Å². The highest BCUT2D eigenvalue weighted by molar-refractivity contribution is 5.94. The maximum absolute atomic E-state index is 13.7. The summed E-state index contributed by atoms with van der Waals surface area (Å²) < 4.78 is 16.1. The molecular weight excluding hydrogens is 329 g/mol. The van der Waals surface area contributed by atoms with E-state index in [1.54, 1.807) is 19.1 Å². The summed E-state index contributed by atoms with van der Waals surface area (Å²) in [5, 5.41) is 2.84. The molecule has 1 fully saturated rings. The molecular formula is C21H28FN3O. The minimum absolute atomic E-state index is 0.0833. The van der Waals surface area contributed by atoms with Crippen molar-refractivity contribution in [3.63, 3.8) is 0 Å². The van der Waals surface area contributed by atoms with Crippen LogP contribution in [0.2, 0.25) is 0 Å². The molecule has 0 spiro atoms. The molecule has 0 bridgehead atoms. The molecule has 0 saturated carbocycles. The fraction of sp³-hybridized carbons (Fsp3) is 0.476. The lowest BCUT2D eigenvalue weighted by molar-refractivity contribution is -0.121. The van der Waals surface area contributed by atoms with E-state index < -0.39 is 0 Å². The van der Waals surface area contributed by atoms with Gasteiger partial charge in [-0.25, -0.2) is 4.39 Å². The van der Waals surface area contributed by atoms with Crippen LogP contribution in [-0.4, -0.2) is 34.5 Å². The molecule has 1 aliphatic rings. The van der Waals surface area contributed by atoms with Gasteiger partial charge in [0.25, 0.3) is 0 Å². The lowest BCUT2D eigenvalue weighted by atomic mass is 10.0. The summed E-state index contributed by atoms with van der Waals surface area (Å²) in [6.07, 6.45) is 2.07. The first kappa shape index (κ1) is 18.6. The van der Waals surface area contributed by atoms with E-state index in [0.29, 0.717) is 17.3 Å². The summed E-state index contributed by atoms with van der Waals surface area (Å²) in [4.78, 5) is 14.8. The minimum atomic E-state index is -0.297. The molecule has 1 aromatic heterocycles. The van der Waals surface area contributed by atoms with Crippen LogP contribution in [0.15, 0.2) is 30.3 Å². The second-order valence-corrected chi connectivity index (χ2v) is 7.38. The van der Waals surface area contributed by atoms with Gasteiger partial charge in [0.1, 0.15) is 5.82 Å². The summed E-state index contributed by atoms with van der Waals surface area (Å²) in [5.74, 6) is -0.381. The third kappa shape index (κ3) is 3.83. The first-order valence-electron chi connectivity index (χ1n) is 9.32. The molecule has 0 radical (unpaired) electrons. The number of anilines is 1. The molecule has 1 amide bonds. The van der Waals surface area contributed by atoms with E-state index in [4.69, 9.17) is 0 Å². The number of aromatic nitrogens is 1. The van der Waals surface area contributed by atoms with Crippen molar-refractivity contribution in [3.05, 3.63) is 53.1 Å². The highest BCUT2D eigenvalue weighted by Crippen LogP contribution is 2.27. The second kappa shape index (κ2) is 7.62. The van der Waals surface area contributed by atoms with Gasteiger partial charge < -0.3 is 9.88 Å². The van der Waals surface area contributed by atoms with Crippen LogP contribution in [0.1, 0.15) is 42.8 Å².